The lowest BCUT2D eigenvalue weighted by Gasteiger charge is -2.09. The van der Waals surface area contributed by atoms with Crippen molar-refractivity contribution in [2.24, 2.45) is 0 Å². The molecule has 0 radical (unpaired) electrons. The van der Waals surface area contributed by atoms with Gasteiger partial charge in [-0.3, -0.25) is 9.59 Å². The van der Waals surface area contributed by atoms with E-state index in [0.717, 1.165) is 0 Å². The molecule has 0 aliphatic rings. The van der Waals surface area contributed by atoms with E-state index in [0.29, 0.717) is 25.1 Å². The zero-order valence-electron chi connectivity index (χ0n) is 12.9. The maximum Gasteiger partial charge on any atom is 0.253 e. The van der Waals surface area contributed by atoms with Gasteiger partial charge in [0.25, 0.3) is 5.56 Å². The fraction of sp³-hybridized carbons (Fsp3) is 0.294. The number of aryl methyl sites for hydroxylation is 1. The fourth-order valence-corrected chi connectivity index (χ4v) is 2.04. The number of ether oxygens (including phenoxy) is 1. The van der Waals surface area contributed by atoms with Crippen LogP contribution in [0.1, 0.15) is 12.0 Å². The third-order valence-corrected chi connectivity index (χ3v) is 3.26. The molecule has 0 aliphatic carbocycles. The molecule has 0 aliphatic heterocycles. The first kappa shape index (κ1) is 16.7. The molecule has 2 aromatic rings. The normalized spacial score (nSPS) is 10.3. The Balaban J connectivity index is 1.70. The van der Waals surface area contributed by atoms with Crippen LogP contribution in [0.5, 0.6) is 5.75 Å². The van der Waals surface area contributed by atoms with Crippen molar-refractivity contribution in [3.8, 4) is 5.75 Å². The maximum atomic E-state index is 13.3. The molecular formula is C17H19FN2O3. The second kappa shape index (κ2) is 8.12. The lowest BCUT2D eigenvalue weighted by Crippen LogP contribution is -2.33. The maximum absolute atomic E-state index is 13.3. The van der Waals surface area contributed by atoms with E-state index >= 15 is 0 Å². The van der Waals surface area contributed by atoms with Gasteiger partial charge in [0.2, 0.25) is 5.91 Å². The molecule has 0 saturated carbocycles. The van der Waals surface area contributed by atoms with Crippen molar-refractivity contribution >= 4 is 5.91 Å². The third-order valence-electron chi connectivity index (χ3n) is 3.26. The van der Waals surface area contributed by atoms with Gasteiger partial charge in [0.15, 0.2) is 11.6 Å². The molecule has 2 rings (SSSR count). The topological polar surface area (TPSA) is 60.3 Å². The Labute approximate surface area is 133 Å². The van der Waals surface area contributed by atoms with E-state index in [1.807, 2.05) is 0 Å². The monoisotopic (exact) mass is 318 g/mol. The molecule has 1 aromatic heterocycles. The van der Waals surface area contributed by atoms with Gasteiger partial charge in [-0.1, -0.05) is 18.2 Å². The van der Waals surface area contributed by atoms with Gasteiger partial charge in [-0.05, 0) is 31.5 Å². The lowest BCUT2D eigenvalue weighted by atomic mass is 10.3. The van der Waals surface area contributed by atoms with Crippen LogP contribution in [0.25, 0.3) is 0 Å². The first-order chi connectivity index (χ1) is 11.1. The SMILES string of the molecule is Cc1cccn(CC(=O)NCCCOc2ccccc2F)c1=O. The van der Waals surface area contributed by atoms with E-state index in [1.165, 1.54) is 10.6 Å². The number of hydrogen-bond donors (Lipinski definition) is 1. The molecule has 0 fully saturated rings. The number of para-hydroxylation sites is 1. The fourth-order valence-electron chi connectivity index (χ4n) is 2.04. The number of hydrogen-bond acceptors (Lipinski definition) is 3. The van der Waals surface area contributed by atoms with Crippen LogP contribution < -0.4 is 15.6 Å². The second-order valence-electron chi connectivity index (χ2n) is 5.11. The highest BCUT2D eigenvalue weighted by Crippen LogP contribution is 2.15. The minimum Gasteiger partial charge on any atom is -0.490 e. The summed E-state index contributed by atoms with van der Waals surface area (Å²) in [6, 6.07) is 9.60. The third kappa shape index (κ3) is 4.95. The average molecular weight is 318 g/mol. The van der Waals surface area contributed by atoms with Gasteiger partial charge in [0.05, 0.1) is 6.61 Å². The van der Waals surface area contributed by atoms with Crippen LogP contribution in [0.4, 0.5) is 4.39 Å². The Bertz CT molecular complexity index is 728. The summed E-state index contributed by atoms with van der Waals surface area (Å²) in [5.74, 6) is -0.455. The highest BCUT2D eigenvalue weighted by Gasteiger charge is 2.05. The first-order valence-corrected chi connectivity index (χ1v) is 7.38. The van der Waals surface area contributed by atoms with Gasteiger partial charge < -0.3 is 14.6 Å². The van der Waals surface area contributed by atoms with Crippen LogP contribution in [0.15, 0.2) is 47.4 Å². The number of rotatable bonds is 7. The predicted octanol–water partition coefficient (Wildman–Crippen LogP) is 1.88. The van der Waals surface area contributed by atoms with Gasteiger partial charge in [-0.2, -0.15) is 0 Å². The Morgan fingerprint density at radius 3 is 2.83 bits per heavy atom. The summed E-state index contributed by atoms with van der Waals surface area (Å²) in [7, 11) is 0. The summed E-state index contributed by atoms with van der Waals surface area (Å²) in [4.78, 5) is 23.6. The van der Waals surface area contributed by atoms with Gasteiger partial charge in [-0.15, -0.1) is 0 Å². The number of pyridine rings is 1. The summed E-state index contributed by atoms with van der Waals surface area (Å²) in [5.41, 5.74) is 0.420. The summed E-state index contributed by atoms with van der Waals surface area (Å²) < 4.78 is 20.0. The van der Waals surface area contributed by atoms with Crippen molar-refractivity contribution in [2.75, 3.05) is 13.2 Å². The highest BCUT2D eigenvalue weighted by molar-refractivity contribution is 5.75. The Hall–Kier alpha value is -2.63. The molecule has 0 bridgehead atoms. The molecule has 0 unspecified atom stereocenters. The molecule has 1 amide bonds. The molecular weight excluding hydrogens is 299 g/mol. The van der Waals surface area contributed by atoms with Crippen molar-refractivity contribution in [1.29, 1.82) is 0 Å². The Morgan fingerprint density at radius 1 is 1.26 bits per heavy atom. The minimum absolute atomic E-state index is 0.0192. The standard InChI is InChI=1S/C17H19FN2O3/c1-13-6-4-10-20(17(13)22)12-16(21)19-9-5-11-23-15-8-3-2-7-14(15)18/h2-4,6-8,10H,5,9,11-12H2,1H3,(H,19,21). The number of amides is 1. The summed E-state index contributed by atoms with van der Waals surface area (Å²) in [6.45, 7) is 2.38. The van der Waals surface area contributed by atoms with Gasteiger partial charge in [-0.25, -0.2) is 4.39 Å². The van der Waals surface area contributed by atoms with E-state index in [-0.39, 0.29) is 23.8 Å². The van der Waals surface area contributed by atoms with Crippen LogP contribution in [0.2, 0.25) is 0 Å². The number of halogens is 1. The number of nitrogens with zero attached hydrogens (tertiary/aromatic N) is 1. The molecule has 5 nitrogen and oxygen atoms in total. The van der Waals surface area contributed by atoms with Crippen molar-refractivity contribution in [2.45, 2.75) is 19.9 Å². The molecule has 1 N–H and O–H groups in total. The smallest absolute Gasteiger partial charge is 0.253 e. The molecule has 6 heteroatoms. The Kier molecular flexibility index (Phi) is 5.91. The van der Waals surface area contributed by atoms with Gasteiger partial charge in [0, 0.05) is 18.3 Å². The molecule has 23 heavy (non-hydrogen) atoms. The quantitative estimate of drug-likeness (QED) is 0.793. The first-order valence-electron chi connectivity index (χ1n) is 7.38. The van der Waals surface area contributed by atoms with Crippen molar-refractivity contribution in [3.05, 3.63) is 64.3 Å². The molecule has 0 saturated heterocycles. The van der Waals surface area contributed by atoms with Crippen LogP contribution in [0, 0.1) is 12.7 Å². The summed E-state index contributed by atoms with van der Waals surface area (Å²) in [5, 5.41) is 2.71. The average Bonchev–Trinajstić information content (AvgIpc) is 2.53. The highest BCUT2D eigenvalue weighted by atomic mass is 19.1. The van der Waals surface area contributed by atoms with Crippen molar-refractivity contribution in [1.82, 2.24) is 9.88 Å². The number of benzene rings is 1. The molecule has 122 valence electrons. The number of carbonyl (C=O) groups excluding carboxylic acids is 1. The summed E-state index contributed by atoms with van der Waals surface area (Å²) >= 11 is 0. The van der Waals surface area contributed by atoms with E-state index in [9.17, 15) is 14.0 Å². The van der Waals surface area contributed by atoms with Crippen LogP contribution in [-0.2, 0) is 11.3 Å². The second-order valence-corrected chi connectivity index (χ2v) is 5.11. The van der Waals surface area contributed by atoms with Crippen molar-refractivity contribution in [3.63, 3.8) is 0 Å². The van der Waals surface area contributed by atoms with E-state index < -0.39 is 5.82 Å². The zero-order valence-corrected chi connectivity index (χ0v) is 12.9. The molecule has 0 atom stereocenters. The zero-order chi connectivity index (χ0) is 16.7. The van der Waals surface area contributed by atoms with E-state index in [2.05, 4.69) is 5.32 Å². The number of aromatic nitrogens is 1. The van der Waals surface area contributed by atoms with E-state index in [4.69, 9.17) is 4.74 Å². The molecule has 1 aromatic carbocycles. The van der Waals surface area contributed by atoms with Crippen LogP contribution in [0.3, 0.4) is 0 Å². The van der Waals surface area contributed by atoms with Crippen molar-refractivity contribution < 1.29 is 13.9 Å². The van der Waals surface area contributed by atoms with E-state index in [1.54, 1.807) is 43.5 Å². The van der Waals surface area contributed by atoms with Gasteiger partial charge >= 0.3 is 0 Å². The predicted molar refractivity (Wildman–Crippen MR) is 85.0 cm³/mol. The number of carbonyl (C=O) groups is 1. The van der Waals surface area contributed by atoms with Crippen LogP contribution >= 0.6 is 0 Å². The Morgan fingerprint density at radius 2 is 2.04 bits per heavy atom. The largest absolute Gasteiger partial charge is 0.490 e. The van der Waals surface area contributed by atoms with Crippen LogP contribution in [-0.4, -0.2) is 23.6 Å². The number of nitrogens with one attached hydrogen (secondary N) is 1. The lowest BCUT2D eigenvalue weighted by molar-refractivity contribution is -0.121. The molecule has 1 heterocycles. The summed E-state index contributed by atoms with van der Waals surface area (Å²) in [6.07, 6.45) is 2.12. The minimum atomic E-state index is -0.407. The van der Waals surface area contributed by atoms with Gasteiger partial charge in [0.1, 0.15) is 6.54 Å². The molecule has 0 spiro atoms.